The Kier molecular flexibility index (Phi) is 4.79. The highest BCUT2D eigenvalue weighted by molar-refractivity contribution is 6.01. The Balaban J connectivity index is 1.62. The fourth-order valence-electron chi connectivity index (χ4n) is 2.61. The standard InChI is InChI=1S/C19H19N3O3/c1-12-7-9-17(25-2)13(11-12)16(23)8-10-18(24)22-19-20-14-5-3-4-6-15(14)21-19/h3-7,9,11H,8,10H2,1-2H3,(H2,20,21,22,24). The first-order valence-electron chi connectivity index (χ1n) is 7.99. The number of nitrogens with one attached hydrogen (secondary N) is 2. The monoisotopic (exact) mass is 337 g/mol. The molecule has 1 heterocycles. The third kappa shape index (κ3) is 3.85. The first-order chi connectivity index (χ1) is 12.1. The quantitative estimate of drug-likeness (QED) is 0.675. The second-order valence-electron chi connectivity index (χ2n) is 5.78. The summed E-state index contributed by atoms with van der Waals surface area (Å²) in [6, 6.07) is 12.9. The smallest absolute Gasteiger partial charge is 0.227 e. The molecule has 0 atom stereocenters. The van der Waals surface area contributed by atoms with Crippen LogP contribution in [0.25, 0.3) is 11.0 Å². The molecule has 1 amide bonds. The molecule has 3 rings (SSSR count). The number of aromatic nitrogens is 2. The van der Waals surface area contributed by atoms with Gasteiger partial charge in [-0.05, 0) is 31.2 Å². The highest BCUT2D eigenvalue weighted by atomic mass is 16.5. The van der Waals surface area contributed by atoms with Crippen LogP contribution in [-0.2, 0) is 4.79 Å². The number of aromatic amines is 1. The van der Waals surface area contributed by atoms with Crippen molar-refractivity contribution in [3.8, 4) is 5.75 Å². The van der Waals surface area contributed by atoms with Gasteiger partial charge < -0.3 is 9.72 Å². The van der Waals surface area contributed by atoms with Gasteiger partial charge in [-0.2, -0.15) is 0 Å². The van der Waals surface area contributed by atoms with E-state index in [1.807, 2.05) is 37.3 Å². The van der Waals surface area contributed by atoms with Gasteiger partial charge in [0.25, 0.3) is 0 Å². The summed E-state index contributed by atoms with van der Waals surface area (Å²) in [5.41, 5.74) is 3.09. The van der Waals surface area contributed by atoms with Crippen molar-refractivity contribution in [2.45, 2.75) is 19.8 Å². The maximum Gasteiger partial charge on any atom is 0.227 e. The number of Topliss-reactive ketones (excluding diaryl/α,β-unsaturated/α-hetero) is 1. The van der Waals surface area contributed by atoms with Gasteiger partial charge in [-0.15, -0.1) is 0 Å². The maximum atomic E-state index is 12.4. The number of para-hydroxylation sites is 2. The molecule has 0 aliphatic heterocycles. The Morgan fingerprint density at radius 2 is 1.96 bits per heavy atom. The van der Waals surface area contributed by atoms with Crippen LogP contribution in [0.2, 0.25) is 0 Å². The summed E-state index contributed by atoms with van der Waals surface area (Å²) in [7, 11) is 1.52. The summed E-state index contributed by atoms with van der Waals surface area (Å²) in [6.45, 7) is 1.91. The van der Waals surface area contributed by atoms with Crippen molar-refractivity contribution in [1.82, 2.24) is 9.97 Å². The summed E-state index contributed by atoms with van der Waals surface area (Å²) in [5, 5.41) is 2.69. The van der Waals surface area contributed by atoms with Crippen molar-refractivity contribution >= 4 is 28.7 Å². The van der Waals surface area contributed by atoms with Crippen LogP contribution in [-0.4, -0.2) is 28.8 Å². The predicted octanol–water partition coefficient (Wildman–Crippen LogP) is 3.48. The largest absolute Gasteiger partial charge is 0.496 e. The highest BCUT2D eigenvalue weighted by Gasteiger charge is 2.15. The molecule has 0 aliphatic rings. The number of ether oxygens (including phenoxy) is 1. The molecule has 6 nitrogen and oxygen atoms in total. The van der Waals surface area contributed by atoms with Gasteiger partial charge in [0.1, 0.15) is 5.75 Å². The lowest BCUT2D eigenvalue weighted by molar-refractivity contribution is -0.116. The van der Waals surface area contributed by atoms with Gasteiger partial charge in [-0.1, -0.05) is 23.8 Å². The van der Waals surface area contributed by atoms with Crippen LogP contribution in [0.5, 0.6) is 5.75 Å². The van der Waals surface area contributed by atoms with E-state index in [0.29, 0.717) is 17.3 Å². The Bertz CT molecular complexity index is 898. The number of hydrogen-bond acceptors (Lipinski definition) is 4. The number of carbonyl (C=O) groups excluding carboxylic acids is 2. The molecule has 128 valence electrons. The second-order valence-corrected chi connectivity index (χ2v) is 5.78. The first kappa shape index (κ1) is 16.7. The number of ketones is 1. The number of hydrogen-bond donors (Lipinski definition) is 2. The Hall–Kier alpha value is -3.15. The lowest BCUT2D eigenvalue weighted by Crippen LogP contribution is -2.14. The maximum absolute atomic E-state index is 12.4. The summed E-state index contributed by atoms with van der Waals surface area (Å²) in [4.78, 5) is 31.8. The molecule has 6 heteroatoms. The zero-order chi connectivity index (χ0) is 17.8. The SMILES string of the molecule is COc1ccc(C)cc1C(=O)CCC(=O)Nc1nc2ccccc2[nH]1. The van der Waals surface area contributed by atoms with Crippen molar-refractivity contribution in [2.24, 2.45) is 0 Å². The Labute approximate surface area is 145 Å². The van der Waals surface area contributed by atoms with E-state index in [1.54, 1.807) is 12.1 Å². The van der Waals surface area contributed by atoms with Crippen LogP contribution in [0, 0.1) is 6.92 Å². The van der Waals surface area contributed by atoms with Crippen molar-refractivity contribution in [3.63, 3.8) is 0 Å². The van der Waals surface area contributed by atoms with Gasteiger partial charge in [0.05, 0.1) is 23.7 Å². The second kappa shape index (κ2) is 7.17. The molecule has 2 aromatic carbocycles. The first-order valence-corrected chi connectivity index (χ1v) is 7.99. The van der Waals surface area contributed by atoms with Crippen molar-refractivity contribution < 1.29 is 14.3 Å². The summed E-state index contributed by atoms with van der Waals surface area (Å²) in [5.74, 6) is 0.513. The van der Waals surface area contributed by atoms with Crippen molar-refractivity contribution in [3.05, 3.63) is 53.6 Å². The van der Waals surface area contributed by atoms with Gasteiger partial charge in [0.15, 0.2) is 5.78 Å². The summed E-state index contributed by atoms with van der Waals surface area (Å²) in [6.07, 6.45) is 0.179. The number of methoxy groups -OCH3 is 1. The van der Waals surface area contributed by atoms with E-state index in [2.05, 4.69) is 15.3 Å². The van der Waals surface area contributed by atoms with Gasteiger partial charge in [0, 0.05) is 12.8 Å². The van der Waals surface area contributed by atoms with Crippen LogP contribution in [0.1, 0.15) is 28.8 Å². The predicted molar refractivity (Wildman–Crippen MR) is 96.0 cm³/mol. The molecule has 3 aromatic rings. The Morgan fingerprint density at radius 1 is 1.16 bits per heavy atom. The number of imidazole rings is 1. The molecular formula is C19H19N3O3. The average molecular weight is 337 g/mol. The number of benzene rings is 2. The topological polar surface area (TPSA) is 84.1 Å². The zero-order valence-corrected chi connectivity index (χ0v) is 14.1. The van der Waals surface area contributed by atoms with Gasteiger partial charge in [-0.25, -0.2) is 4.98 Å². The molecule has 0 aliphatic carbocycles. The van der Waals surface area contributed by atoms with Crippen LogP contribution in [0.15, 0.2) is 42.5 Å². The van der Waals surface area contributed by atoms with Gasteiger partial charge in [-0.3, -0.25) is 14.9 Å². The molecule has 0 unspecified atom stereocenters. The number of aryl methyl sites for hydroxylation is 1. The Morgan fingerprint density at radius 3 is 2.72 bits per heavy atom. The summed E-state index contributed by atoms with van der Waals surface area (Å²) < 4.78 is 5.22. The number of anilines is 1. The number of rotatable bonds is 6. The van der Waals surface area contributed by atoms with E-state index in [1.165, 1.54) is 7.11 Å². The van der Waals surface area contributed by atoms with Crippen LogP contribution in [0.4, 0.5) is 5.95 Å². The van der Waals surface area contributed by atoms with E-state index in [4.69, 9.17) is 4.74 Å². The minimum absolute atomic E-state index is 0.0764. The molecule has 2 N–H and O–H groups in total. The van der Waals surface area contributed by atoms with E-state index in [-0.39, 0.29) is 24.5 Å². The third-order valence-electron chi connectivity index (χ3n) is 3.88. The lowest BCUT2D eigenvalue weighted by Gasteiger charge is -2.08. The zero-order valence-electron chi connectivity index (χ0n) is 14.1. The van der Waals surface area contributed by atoms with E-state index >= 15 is 0 Å². The number of fused-ring (bicyclic) bond motifs is 1. The van der Waals surface area contributed by atoms with E-state index < -0.39 is 0 Å². The van der Waals surface area contributed by atoms with Gasteiger partial charge >= 0.3 is 0 Å². The molecule has 0 fully saturated rings. The molecular weight excluding hydrogens is 318 g/mol. The third-order valence-corrected chi connectivity index (χ3v) is 3.88. The molecule has 0 saturated heterocycles. The summed E-state index contributed by atoms with van der Waals surface area (Å²) >= 11 is 0. The number of amides is 1. The average Bonchev–Trinajstić information content (AvgIpc) is 3.01. The van der Waals surface area contributed by atoms with Crippen molar-refractivity contribution in [1.29, 1.82) is 0 Å². The van der Waals surface area contributed by atoms with E-state index in [0.717, 1.165) is 16.6 Å². The molecule has 0 bridgehead atoms. The van der Waals surface area contributed by atoms with Crippen LogP contribution in [0.3, 0.4) is 0 Å². The molecule has 0 radical (unpaired) electrons. The highest BCUT2D eigenvalue weighted by Crippen LogP contribution is 2.22. The molecule has 1 aromatic heterocycles. The molecule has 0 saturated carbocycles. The fraction of sp³-hybridized carbons (Fsp3) is 0.211. The van der Waals surface area contributed by atoms with Crippen LogP contribution < -0.4 is 10.1 Å². The van der Waals surface area contributed by atoms with Crippen LogP contribution >= 0.6 is 0 Å². The minimum atomic E-state index is -0.265. The fourth-order valence-corrected chi connectivity index (χ4v) is 2.61. The normalized spacial score (nSPS) is 10.6. The van der Waals surface area contributed by atoms with E-state index in [9.17, 15) is 9.59 Å². The lowest BCUT2D eigenvalue weighted by atomic mass is 10.0. The molecule has 25 heavy (non-hydrogen) atoms. The minimum Gasteiger partial charge on any atom is -0.496 e. The number of carbonyl (C=O) groups is 2. The van der Waals surface area contributed by atoms with Gasteiger partial charge in [0.2, 0.25) is 11.9 Å². The number of H-pyrrole nitrogens is 1. The number of nitrogens with zero attached hydrogens (tertiary/aromatic N) is 1. The molecule has 0 spiro atoms. The van der Waals surface area contributed by atoms with Crippen molar-refractivity contribution in [2.75, 3.05) is 12.4 Å².